The number of benzene rings is 2. The van der Waals surface area contributed by atoms with Gasteiger partial charge in [-0.1, -0.05) is 67.1 Å². The molecular formula is C20H25N3O2. The molecule has 25 heavy (non-hydrogen) atoms. The third-order valence-corrected chi connectivity index (χ3v) is 3.96. The summed E-state index contributed by atoms with van der Waals surface area (Å²) in [4.78, 5) is 23.6. The lowest BCUT2D eigenvalue weighted by Crippen LogP contribution is -2.42. The van der Waals surface area contributed by atoms with E-state index in [1.165, 1.54) is 11.1 Å². The molecule has 5 heteroatoms. The second-order valence-corrected chi connectivity index (χ2v) is 6.14. The summed E-state index contributed by atoms with van der Waals surface area (Å²) in [5.41, 5.74) is 3.36. The molecule has 3 amide bonds. The average Bonchev–Trinajstić information content (AvgIpc) is 2.64. The Kier molecular flexibility index (Phi) is 7.01. The largest absolute Gasteiger partial charge is 0.354 e. The van der Waals surface area contributed by atoms with Crippen molar-refractivity contribution in [2.75, 3.05) is 13.1 Å². The standard InChI is InChI=1S/C20H25N3O2/c1-15-8-10-17(11-9-15)13-22-20(25)23-14-19(24)21-12-16(2)18-6-4-3-5-7-18/h3-11,16H,12-14H2,1-2H3,(H,21,24)(H2,22,23,25). The van der Waals surface area contributed by atoms with Crippen LogP contribution in [0.1, 0.15) is 29.5 Å². The Bertz CT molecular complexity index is 684. The highest BCUT2D eigenvalue weighted by molar-refractivity contribution is 5.83. The van der Waals surface area contributed by atoms with Crippen LogP contribution in [0.3, 0.4) is 0 Å². The highest BCUT2D eigenvalue weighted by Crippen LogP contribution is 2.12. The van der Waals surface area contributed by atoms with Gasteiger partial charge in [-0.05, 0) is 24.0 Å². The lowest BCUT2D eigenvalue weighted by atomic mass is 10.0. The molecule has 132 valence electrons. The number of carbonyl (C=O) groups excluding carboxylic acids is 2. The van der Waals surface area contributed by atoms with Crippen LogP contribution in [-0.2, 0) is 11.3 Å². The molecule has 3 N–H and O–H groups in total. The molecule has 0 aromatic heterocycles. The number of urea groups is 1. The Labute approximate surface area is 148 Å². The van der Waals surface area contributed by atoms with Crippen molar-refractivity contribution >= 4 is 11.9 Å². The maximum atomic E-state index is 11.8. The third kappa shape index (κ3) is 6.67. The normalized spacial score (nSPS) is 11.4. The summed E-state index contributed by atoms with van der Waals surface area (Å²) in [6.45, 7) is 4.99. The van der Waals surface area contributed by atoms with Crippen LogP contribution in [-0.4, -0.2) is 25.0 Å². The lowest BCUT2D eigenvalue weighted by Gasteiger charge is -2.13. The molecular weight excluding hydrogens is 314 g/mol. The van der Waals surface area contributed by atoms with Gasteiger partial charge in [-0.25, -0.2) is 4.79 Å². The molecule has 0 bridgehead atoms. The van der Waals surface area contributed by atoms with Crippen LogP contribution in [0.4, 0.5) is 4.79 Å². The zero-order valence-electron chi connectivity index (χ0n) is 14.7. The van der Waals surface area contributed by atoms with Crippen LogP contribution in [0, 0.1) is 6.92 Å². The van der Waals surface area contributed by atoms with Gasteiger partial charge in [-0.3, -0.25) is 4.79 Å². The predicted octanol–water partition coefficient (Wildman–Crippen LogP) is 2.71. The van der Waals surface area contributed by atoms with Gasteiger partial charge in [0.1, 0.15) is 0 Å². The summed E-state index contributed by atoms with van der Waals surface area (Å²) >= 11 is 0. The van der Waals surface area contributed by atoms with Crippen LogP contribution >= 0.6 is 0 Å². The van der Waals surface area contributed by atoms with Gasteiger partial charge in [-0.2, -0.15) is 0 Å². The van der Waals surface area contributed by atoms with Crippen LogP contribution in [0.2, 0.25) is 0 Å². The van der Waals surface area contributed by atoms with E-state index in [4.69, 9.17) is 0 Å². The molecule has 0 aliphatic heterocycles. The highest BCUT2D eigenvalue weighted by atomic mass is 16.2. The summed E-state index contributed by atoms with van der Waals surface area (Å²) in [5, 5.41) is 8.13. The monoisotopic (exact) mass is 339 g/mol. The highest BCUT2D eigenvalue weighted by Gasteiger charge is 2.08. The first-order valence-electron chi connectivity index (χ1n) is 8.43. The van der Waals surface area contributed by atoms with Crippen LogP contribution in [0.15, 0.2) is 54.6 Å². The Balaban J connectivity index is 1.64. The molecule has 0 radical (unpaired) electrons. The summed E-state index contributed by atoms with van der Waals surface area (Å²) in [7, 11) is 0. The first-order chi connectivity index (χ1) is 12.0. The molecule has 1 atom stereocenters. The van der Waals surface area contributed by atoms with E-state index < -0.39 is 0 Å². The molecule has 0 spiro atoms. The molecule has 0 saturated carbocycles. The van der Waals surface area contributed by atoms with Crippen LogP contribution in [0.25, 0.3) is 0 Å². The van der Waals surface area contributed by atoms with Crippen molar-refractivity contribution in [3.63, 3.8) is 0 Å². The van der Waals surface area contributed by atoms with Gasteiger partial charge in [0.15, 0.2) is 0 Å². The summed E-state index contributed by atoms with van der Waals surface area (Å²) in [5.74, 6) is 0.0220. The van der Waals surface area contributed by atoms with Gasteiger partial charge in [0, 0.05) is 13.1 Å². The minimum Gasteiger partial charge on any atom is -0.354 e. The van der Waals surface area contributed by atoms with E-state index in [-0.39, 0.29) is 24.4 Å². The fourth-order valence-corrected chi connectivity index (χ4v) is 2.34. The number of hydrogen-bond donors (Lipinski definition) is 3. The first-order valence-corrected chi connectivity index (χ1v) is 8.43. The number of aryl methyl sites for hydroxylation is 1. The maximum Gasteiger partial charge on any atom is 0.315 e. The van der Waals surface area contributed by atoms with Gasteiger partial charge in [0.05, 0.1) is 6.54 Å². The van der Waals surface area contributed by atoms with E-state index in [1.807, 2.05) is 61.5 Å². The fourth-order valence-electron chi connectivity index (χ4n) is 2.34. The van der Waals surface area contributed by atoms with E-state index in [1.54, 1.807) is 0 Å². The molecule has 0 saturated heterocycles. The van der Waals surface area contributed by atoms with Crippen molar-refractivity contribution in [1.29, 1.82) is 0 Å². The second kappa shape index (κ2) is 9.47. The van der Waals surface area contributed by atoms with Gasteiger partial charge in [0.2, 0.25) is 5.91 Å². The Morgan fingerprint density at radius 3 is 2.28 bits per heavy atom. The van der Waals surface area contributed by atoms with Gasteiger partial charge >= 0.3 is 6.03 Å². The van der Waals surface area contributed by atoms with Crippen molar-refractivity contribution < 1.29 is 9.59 Å². The van der Waals surface area contributed by atoms with E-state index in [0.717, 1.165) is 5.56 Å². The van der Waals surface area contributed by atoms with Gasteiger partial charge in [-0.15, -0.1) is 0 Å². The van der Waals surface area contributed by atoms with E-state index in [9.17, 15) is 9.59 Å². The molecule has 0 heterocycles. The fraction of sp³-hybridized carbons (Fsp3) is 0.300. The molecule has 2 aromatic carbocycles. The van der Waals surface area contributed by atoms with Crippen LogP contribution in [0.5, 0.6) is 0 Å². The molecule has 5 nitrogen and oxygen atoms in total. The van der Waals surface area contributed by atoms with E-state index in [0.29, 0.717) is 13.1 Å². The average molecular weight is 339 g/mol. The third-order valence-electron chi connectivity index (χ3n) is 3.96. The minimum atomic E-state index is -0.355. The Morgan fingerprint density at radius 2 is 1.60 bits per heavy atom. The predicted molar refractivity (Wildman–Crippen MR) is 99.3 cm³/mol. The van der Waals surface area contributed by atoms with Crippen molar-refractivity contribution in [3.8, 4) is 0 Å². The number of nitrogens with one attached hydrogen (secondary N) is 3. The number of rotatable bonds is 7. The summed E-state index contributed by atoms with van der Waals surface area (Å²) in [6, 6.07) is 17.6. The Hall–Kier alpha value is -2.82. The second-order valence-electron chi connectivity index (χ2n) is 6.14. The van der Waals surface area contributed by atoms with E-state index >= 15 is 0 Å². The molecule has 0 aliphatic rings. The van der Waals surface area contributed by atoms with Gasteiger partial charge < -0.3 is 16.0 Å². The van der Waals surface area contributed by atoms with Crippen molar-refractivity contribution in [2.45, 2.75) is 26.3 Å². The van der Waals surface area contributed by atoms with Gasteiger partial charge in [0.25, 0.3) is 0 Å². The molecule has 0 fully saturated rings. The topological polar surface area (TPSA) is 70.2 Å². The Morgan fingerprint density at radius 1 is 0.920 bits per heavy atom. The van der Waals surface area contributed by atoms with Crippen molar-refractivity contribution in [2.24, 2.45) is 0 Å². The van der Waals surface area contributed by atoms with Crippen LogP contribution < -0.4 is 16.0 Å². The maximum absolute atomic E-state index is 11.8. The quantitative estimate of drug-likeness (QED) is 0.726. The summed E-state index contributed by atoms with van der Waals surface area (Å²) < 4.78 is 0. The summed E-state index contributed by atoms with van der Waals surface area (Å²) in [6.07, 6.45) is 0. The minimum absolute atomic E-state index is 0.0404. The van der Waals surface area contributed by atoms with Crippen molar-refractivity contribution in [3.05, 3.63) is 71.3 Å². The smallest absolute Gasteiger partial charge is 0.315 e. The molecule has 2 aromatic rings. The number of hydrogen-bond acceptors (Lipinski definition) is 2. The zero-order chi connectivity index (χ0) is 18.1. The molecule has 1 unspecified atom stereocenters. The molecule has 0 aliphatic carbocycles. The number of amides is 3. The van der Waals surface area contributed by atoms with Crippen molar-refractivity contribution in [1.82, 2.24) is 16.0 Å². The zero-order valence-corrected chi connectivity index (χ0v) is 14.7. The SMILES string of the molecule is Cc1ccc(CNC(=O)NCC(=O)NCC(C)c2ccccc2)cc1. The molecule has 2 rings (SSSR count). The van der Waals surface area contributed by atoms with E-state index in [2.05, 4.69) is 22.9 Å². The number of carbonyl (C=O) groups is 2. The lowest BCUT2D eigenvalue weighted by molar-refractivity contribution is -0.120. The first kappa shape index (κ1) is 18.5.